The fourth-order valence-corrected chi connectivity index (χ4v) is 5.01. The van der Waals surface area contributed by atoms with E-state index in [0.717, 1.165) is 6.07 Å². The summed E-state index contributed by atoms with van der Waals surface area (Å²) in [6.07, 6.45) is -4.24. The number of piperidine rings is 1. The molecule has 0 spiro atoms. The number of anilines is 1. The first kappa shape index (κ1) is 28.8. The Morgan fingerprint density at radius 2 is 1.62 bits per heavy atom. The highest BCUT2D eigenvalue weighted by Crippen LogP contribution is 2.36. The van der Waals surface area contributed by atoms with Crippen LogP contribution in [-0.4, -0.2) is 40.5 Å². The van der Waals surface area contributed by atoms with Crippen molar-refractivity contribution in [2.45, 2.75) is 37.5 Å². The van der Waals surface area contributed by atoms with Crippen molar-refractivity contribution in [1.29, 1.82) is 5.26 Å². The lowest BCUT2D eigenvalue weighted by Gasteiger charge is -2.40. The summed E-state index contributed by atoms with van der Waals surface area (Å²) >= 11 is 0. The largest absolute Gasteiger partial charge is 0.417 e. The highest BCUT2D eigenvalue weighted by Gasteiger charge is 2.45. The molecule has 4 rings (SSSR count). The topological polar surface area (TPSA) is 93.4 Å². The van der Waals surface area contributed by atoms with Crippen LogP contribution in [0.2, 0.25) is 0 Å². The molecule has 1 heterocycles. The van der Waals surface area contributed by atoms with E-state index in [9.17, 15) is 32.3 Å². The third kappa shape index (κ3) is 6.66. The second kappa shape index (κ2) is 11.9. The van der Waals surface area contributed by atoms with E-state index < -0.39 is 40.5 Å². The van der Waals surface area contributed by atoms with E-state index >= 15 is 0 Å². The van der Waals surface area contributed by atoms with Crippen LogP contribution in [-0.2, 0) is 28.6 Å². The van der Waals surface area contributed by atoms with Gasteiger partial charge in [-0.25, -0.2) is 4.39 Å². The number of nitrogens with one attached hydrogen (secondary N) is 1. The summed E-state index contributed by atoms with van der Waals surface area (Å²) in [7, 11) is 0. The van der Waals surface area contributed by atoms with Crippen LogP contribution in [0.25, 0.3) is 0 Å². The molecule has 2 N–H and O–H groups in total. The maximum Gasteiger partial charge on any atom is 0.417 e. The van der Waals surface area contributed by atoms with Gasteiger partial charge in [0.15, 0.2) is 0 Å². The highest BCUT2D eigenvalue weighted by atomic mass is 19.4. The van der Waals surface area contributed by atoms with Crippen molar-refractivity contribution in [3.05, 3.63) is 101 Å². The zero-order valence-electron chi connectivity index (χ0n) is 21.4. The molecule has 1 aliphatic heterocycles. The fourth-order valence-electron chi connectivity index (χ4n) is 5.01. The Hall–Kier alpha value is -4.23. The number of benzene rings is 3. The number of hydrogen-bond acceptors (Lipinski definition) is 4. The van der Waals surface area contributed by atoms with Crippen LogP contribution in [0, 0.1) is 23.1 Å². The molecule has 1 atom stereocenters. The van der Waals surface area contributed by atoms with Crippen molar-refractivity contribution in [1.82, 2.24) is 4.90 Å². The predicted molar refractivity (Wildman–Crippen MR) is 139 cm³/mol. The second-order valence-electron chi connectivity index (χ2n) is 9.87. The minimum absolute atomic E-state index is 0.0833. The van der Waals surface area contributed by atoms with E-state index in [4.69, 9.17) is 5.26 Å². The minimum atomic E-state index is -4.81. The van der Waals surface area contributed by atoms with Gasteiger partial charge in [-0.05, 0) is 54.3 Å². The Balaban J connectivity index is 1.52. The molecule has 0 radical (unpaired) electrons. The van der Waals surface area contributed by atoms with E-state index in [2.05, 4.69) is 5.32 Å². The second-order valence-corrected chi connectivity index (χ2v) is 9.87. The molecule has 1 unspecified atom stereocenters. The summed E-state index contributed by atoms with van der Waals surface area (Å²) in [6.45, 7) is 0.536. The molecule has 40 heavy (non-hydrogen) atoms. The molecule has 0 aromatic heterocycles. The molecule has 0 saturated carbocycles. The van der Waals surface area contributed by atoms with Crippen LogP contribution >= 0.6 is 0 Å². The van der Waals surface area contributed by atoms with Gasteiger partial charge in [-0.3, -0.25) is 9.59 Å². The van der Waals surface area contributed by atoms with Crippen LogP contribution in [0.4, 0.5) is 23.2 Å². The molecule has 1 aliphatic rings. The molecule has 208 valence electrons. The molecule has 0 bridgehead atoms. The van der Waals surface area contributed by atoms with Crippen molar-refractivity contribution >= 4 is 17.5 Å². The van der Waals surface area contributed by atoms with Gasteiger partial charge < -0.3 is 15.3 Å². The summed E-state index contributed by atoms with van der Waals surface area (Å²) in [4.78, 5) is 28.0. The molecule has 1 fully saturated rings. The summed E-state index contributed by atoms with van der Waals surface area (Å²) in [6, 6.07) is 18.7. The Labute approximate surface area is 228 Å². The van der Waals surface area contributed by atoms with Crippen LogP contribution in [0.3, 0.4) is 0 Å². The quantitative estimate of drug-likeness (QED) is 0.398. The molecule has 10 heteroatoms. The average Bonchev–Trinajstić information content (AvgIpc) is 2.94. The van der Waals surface area contributed by atoms with Crippen molar-refractivity contribution in [3.63, 3.8) is 0 Å². The zero-order valence-corrected chi connectivity index (χ0v) is 21.4. The molecular weight excluding hydrogens is 526 g/mol. The van der Waals surface area contributed by atoms with Crippen LogP contribution in [0.5, 0.6) is 0 Å². The first-order valence-electron chi connectivity index (χ1n) is 12.7. The number of alkyl halides is 3. The first-order valence-corrected chi connectivity index (χ1v) is 12.7. The average molecular weight is 554 g/mol. The van der Waals surface area contributed by atoms with Crippen molar-refractivity contribution < 1.29 is 32.3 Å². The number of hydrogen-bond donors (Lipinski definition) is 2. The molecule has 2 amide bonds. The van der Waals surface area contributed by atoms with Gasteiger partial charge in [0.2, 0.25) is 5.91 Å². The number of carbonyl (C=O) groups excluding carboxylic acids is 2. The molecular formula is C30H27F4N3O3. The third-order valence-electron chi connectivity index (χ3n) is 7.20. The van der Waals surface area contributed by atoms with Gasteiger partial charge in [-0.15, -0.1) is 0 Å². The van der Waals surface area contributed by atoms with Crippen LogP contribution in [0.1, 0.15) is 35.1 Å². The summed E-state index contributed by atoms with van der Waals surface area (Å²) < 4.78 is 53.6. The van der Waals surface area contributed by atoms with Gasteiger partial charge in [0.05, 0.1) is 23.6 Å². The molecule has 3 aromatic carbocycles. The van der Waals surface area contributed by atoms with E-state index in [1.54, 1.807) is 35.2 Å². The SMILES string of the molecule is N#Cc1ccc(NC(=O)C(O)(Cc2ccccc2)C2CCN(C(=O)Cc3ccc(F)cc3)CC2)cc1C(F)(F)F. The van der Waals surface area contributed by atoms with Crippen LogP contribution in [0.15, 0.2) is 72.8 Å². The van der Waals surface area contributed by atoms with E-state index in [0.29, 0.717) is 17.2 Å². The molecule has 0 aliphatic carbocycles. The predicted octanol–water partition coefficient (Wildman–Crippen LogP) is 5.11. The normalized spacial score (nSPS) is 15.7. The minimum Gasteiger partial charge on any atom is -0.379 e. The number of nitrogens with zero attached hydrogens (tertiary/aromatic N) is 2. The number of nitriles is 1. The Morgan fingerprint density at radius 1 is 0.975 bits per heavy atom. The van der Waals surface area contributed by atoms with Gasteiger partial charge in [-0.1, -0.05) is 42.5 Å². The monoisotopic (exact) mass is 553 g/mol. The number of amides is 2. The molecule has 1 saturated heterocycles. The summed E-state index contributed by atoms with van der Waals surface area (Å²) in [5.74, 6) is -2.03. The number of halogens is 4. The number of likely N-dealkylation sites (tertiary alicyclic amines) is 1. The Bertz CT molecular complexity index is 1400. The number of rotatable bonds is 7. The zero-order chi connectivity index (χ0) is 28.9. The smallest absolute Gasteiger partial charge is 0.379 e. The van der Waals surface area contributed by atoms with E-state index in [1.807, 2.05) is 0 Å². The lowest BCUT2D eigenvalue weighted by molar-refractivity contribution is -0.144. The lowest BCUT2D eigenvalue weighted by Crippen LogP contribution is -2.54. The van der Waals surface area contributed by atoms with Crippen LogP contribution < -0.4 is 5.32 Å². The Kier molecular flexibility index (Phi) is 8.55. The van der Waals surface area contributed by atoms with Gasteiger partial charge in [-0.2, -0.15) is 18.4 Å². The number of carbonyl (C=O) groups is 2. The fraction of sp³-hybridized carbons (Fsp3) is 0.300. The molecule has 6 nitrogen and oxygen atoms in total. The maximum atomic E-state index is 13.5. The Morgan fingerprint density at radius 3 is 2.23 bits per heavy atom. The van der Waals surface area contributed by atoms with Gasteiger partial charge in [0, 0.05) is 31.1 Å². The van der Waals surface area contributed by atoms with E-state index in [1.165, 1.54) is 36.4 Å². The number of aliphatic hydroxyl groups is 1. The third-order valence-corrected chi connectivity index (χ3v) is 7.20. The summed E-state index contributed by atoms with van der Waals surface area (Å²) in [5, 5.41) is 23.3. The van der Waals surface area contributed by atoms with E-state index in [-0.39, 0.29) is 50.4 Å². The van der Waals surface area contributed by atoms with Gasteiger partial charge in [0.1, 0.15) is 11.4 Å². The highest BCUT2D eigenvalue weighted by molar-refractivity contribution is 5.97. The lowest BCUT2D eigenvalue weighted by atomic mass is 9.76. The standard InChI is InChI=1S/C30H27F4N3O3/c31-24-9-6-20(7-10-24)16-27(38)37-14-12-23(13-15-37)29(40,18-21-4-2-1-3-5-21)28(39)36-25-11-8-22(19-35)26(17-25)30(32,33)34/h1-11,17,23,40H,12-16,18H2,(H,36,39). The van der Waals surface area contributed by atoms with Gasteiger partial charge >= 0.3 is 6.18 Å². The summed E-state index contributed by atoms with van der Waals surface area (Å²) in [5.41, 5.74) is -2.63. The van der Waals surface area contributed by atoms with Crippen molar-refractivity contribution in [2.75, 3.05) is 18.4 Å². The maximum absolute atomic E-state index is 13.5. The molecule has 3 aromatic rings. The van der Waals surface area contributed by atoms with Crippen molar-refractivity contribution in [2.24, 2.45) is 5.92 Å². The van der Waals surface area contributed by atoms with Gasteiger partial charge in [0.25, 0.3) is 5.91 Å². The van der Waals surface area contributed by atoms with Crippen molar-refractivity contribution in [3.8, 4) is 6.07 Å². The first-order chi connectivity index (χ1) is 19.0.